The molecule has 4 heteroatoms. The highest BCUT2D eigenvalue weighted by Crippen LogP contribution is 2.22. The number of aromatic nitrogens is 2. The SMILES string of the molecule is CCCC(OCC)C(O)c1cnn(CCC)c1. The number of ether oxygens (including phenoxy) is 1. The fraction of sp³-hybridized carbons (Fsp3) is 0.769. The van der Waals surface area contributed by atoms with E-state index in [1.807, 2.05) is 17.8 Å². The first-order chi connectivity index (χ1) is 8.22. The number of aliphatic hydroxyl groups excluding tert-OH is 1. The number of aliphatic hydroxyl groups is 1. The average Bonchev–Trinajstić information content (AvgIpc) is 2.77. The van der Waals surface area contributed by atoms with Crippen LogP contribution in [0.3, 0.4) is 0 Å². The van der Waals surface area contributed by atoms with Gasteiger partial charge in [-0.2, -0.15) is 5.10 Å². The molecular formula is C13H24N2O2. The highest BCUT2D eigenvalue weighted by molar-refractivity contribution is 5.09. The van der Waals surface area contributed by atoms with Gasteiger partial charge in [0.15, 0.2) is 0 Å². The van der Waals surface area contributed by atoms with E-state index in [4.69, 9.17) is 4.74 Å². The van der Waals surface area contributed by atoms with E-state index >= 15 is 0 Å². The molecule has 0 aliphatic rings. The summed E-state index contributed by atoms with van der Waals surface area (Å²) in [4.78, 5) is 0. The lowest BCUT2D eigenvalue weighted by molar-refractivity contribution is -0.0385. The second-order valence-electron chi connectivity index (χ2n) is 4.26. The van der Waals surface area contributed by atoms with E-state index in [2.05, 4.69) is 18.9 Å². The Morgan fingerprint density at radius 3 is 2.71 bits per heavy atom. The van der Waals surface area contributed by atoms with Crippen LogP contribution in [-0.4, -0.2) is 27.6 Å². The summed E-state index contributed by atoms with van der Waals surface area (Å²) in [6, 6.07) is 0. The van der Waals surface area contributed by atoms with Crippen LogP contribution in [0.5, 0.6) is 0 Å². The zero-order chi connectivity index (χ0) is 12.7. The second kappa shape index (κ2) is 7.45. The molecule has 0 amide bonds. The van der Waals surface area contributed by atoms with Crippen LogP contribution in [0.2, 0.25) is 0 Å². The van der Waals surface area contributed by atoms with Gasteiger partial charge in [-0.1, -0.05) is 20.3 Å². The van der Waals surface area contributed by atoms with Gasteiger partial charge in [0.05, 0.1) is 12.3 Å². The highest BCUT2D eigenvalue weighted by Gasteiger charge is 2.21. The van der Waals surface area contributed by atoms with Gasteiger partial charge < -0.3 is 9.84 Å². The lowest BCUT2D eigenvalue weighted by Crippen LogP contribution is -2.22. The van der Waals surface area contributed by atoms with Gasteiger partial charge >= 0.3 is 0 Å². The third-order valence-electron chi connectivity index (χ3n) is 2.75. The first-order valence-electron chi connectivity index (χ1n) is 6.54. The molecule has 4 nitrogen and oxygen atoms in total. The smallest absolute Gasteiger partial charge is 0.108 e. The Balaban J connectivity index is 2.66. The van der Waals surface area contributed by atoms with Crippen molar-refractivity contribution in [1.82, 2.24) is 9.78 Å². The van der Waals surface area contributed by atoms with Gasteiger partial charge in [-0.15, -0.1) is 0 Å². The third-order valence-corrected chi connectivity index (χ3v) is 2.75. The molecule has 1 aromatic heterocycles. The van der Waals surface area contributed by atoms with Crippen molar-refractivity contribution in [3.63, 3.8) is 0 Å². The molecule has 1 rings (SSSR count). The van der Waals surface area contributed by atoms with Gasteiger partial charge in [-0.3, -0.25) is 4.68 Å². The van der Waals surface area contributed by atoms with E-state index < -0.39 is 6.10 Å². The van der Waals surface area contributed by atoms with Crippen molar-refractivity contribution >= 4 is 0 Å². The highest BCUT2D eigenvalue weighted by atomic mass is 16.5. The molecule has 0 aromatic carbocycles. The number of hydrogen-bond donors (Lipinski definition) is 1. The third kappa shape index (κ3) is 4.13. The minimum absolute atomic E-state index is 0.121. The number of aryl methyl sites for hydroxylation is 1. The molecule has 0 aliphatic carbocycles. The van der Waals surface area contributed by atoms with Crippen molar-refractivity contribution in [3.8, 4) is 0 Å². The standard InChI is InChI=1S/C13H24N2O2/c1-4-7-12(17-6-3)13(16)11-9-14-15(10-11)8-5-2/h9-10,12-13,16H,4-8H2,1-3H3. The maximum Gasteiger partial charge on any atom is 0.108 e. The summed E-state index contributed by atoms with van der Waals surface area (Å²) < 4.78 is 7.45. The van der Waals surface area contributed by atoms with Crippen molar-refractivity contribution in [3.05, 3.63) is 18.0 Å². The topological polar surface area (TPSA) is 47.3 Å². The fourth-order valence-corrected chi connectivity index (χ4v) is 1.93. The Labute approximate surface area is 104 Å². The second-order valence-corrected chi connectivity index (χ2v) is 4.26. The van der Waals surface area contributed by atoms with Crippen molar-refractivity contribution in [2.24, 2.45) is 0 Å². The zero-order valence-electron chi connectivity index (χ0n) is 11.1. The average molecular weight is 240 g/mol. The molecule has 98 valence electrons. The Kier molecular flexibility index (Phi) is 6.22. The number of rotatable bonds is 8. The predicted molar refractivity (Wildman–Crippen MR) is 67.8 cm³/mol. The van der Waals surface area contributed by atoms with E-state index in [1.54, 1.807) is 6.20 Å². The van der Waals surface area contributed by atoms with Crippen molar-refractivity contribution in [1.29, 1.82) is 0 Å². The molecule has 0 saturated carbocycles. The molecule has 2 unspecified atom stereocenters. The maximum absolute atomic E-state index is 10.2. The Morgan fingerprint density at radius 2 is 2.12 bits per heavy atom. The van der Waals surface area contributed by atoms with Gasteiger partial charge in [0.1, 0.15) is 6.10 Å². The van der Waals surface area contributed by atoms with Crippen LogP contribution >= 0.6 is 0 Å². The quantitative estimate of drug-likeness (QED) is 0.759. The van der Waals surface area contributed by atoms with Crippen molar-refractivity contribution < 1.29 is 9.84 Å². The first-order valence-corrected chi connectivity index (χ1v) is 6.54. The molecule has 1 heterocycles. The Bertz CT molecular complexity index is 306. The molecule has 1 aromatic rings. The van der Waals surface area contributed by atoms with Gasteiger partial charge in [0.2, 0.25) is 0 Å². The van der Waals surface area contributed by atoms with Crippen LogP contribution in [0.25, 0.3) is 0 Å². The summed E-state index contributed by atoms with van der Waals surface area (Å²) >= 11 is 0. The normalized spacial score (nSPS) is 14.8. The largest absolute Gasteiger partial charge is 0.386 e. The van der Waals surface area contributed by atoms with Gasteiger partial charge in [0.25, 0.3) is 0 Å². The Hall–Kier alpha value is -0.870. The molecule has 2 atom stereocenters. The van der Waals surface area contributed by atoms with E-state index in [9.17, 15) is 5.11 Å². The van der Waals surface area contributed by atoms with Gasteiger partial charge in [-0.05, 0) is 19.8 Å². The van der Waals surface area contributed by atoms with Crippen LogP contribution in [0.1, 0.15) is 51.7 Å². The lowest BCUT2D eigenvalue weighted by Gasteiger charge is -2.21. The van der Waals surface area contributed by atoms with Gasteiger partial charge in [0, 0.05) is 24.9 Å². The van der Waals surface area contributed by atoms with E-state index in [-0.39, 0.29) is 6.10 Å². The van der Waals surface area contributed by atoms with Crippen LogP contribution < -0.4 is 0 Å². The summed E-state index contributed by atoms with van der Waals surface area (Å²) in [5.41, 5.74) is 0.852. The maximum atomic E-state index is 10.2. The molecule has 0 spiro atoms. The minimum Gasteiger partial charge on any atom is -0.386 e. The van der Waals surface area contributed by atoms with E-state index in [1.165, 1.54) is 0 Å². The summed E-state index contributed by atoms with van der Waals surface area (Å²) in [5.74, 6) is 0. The molecule has 0 aliphatic heterocycles. The van der Waals surface area contributed by atoms with E-state index in [0.29, 0.717) is 6.61 Å². The fourth-order valence-electron chi connectivity index (χ4n) is 1.93. The van der Waals surface area contributed by atoms with Gasteiger partial charge in [-0.25, -0.2) is 0 Å². The van der Waals surface area contributed by atoms with Crippen LogP contribution in [0.4, 0.5) is 0 Å². The molecule has 1 N–H and O–H groups in total. The lowest BCUT2D eigenvalue weighted by atomic mass is 10.0. The van der Waals surface area contributed by atoms with Crippen molar-refractivity contribution in [2.75, 3.05) is 6.61 Å². The Morgan fingerprint density at radius 1 is 1.35 bits per heavy atom. The van der Waals surface area contributed by atoms with Crippen molar-refractivity contribution in [2.45, 2.75) is 58.8 Å². The van der Waals surface area contributed by atoms with Crippen LogP contribution in [0.15, 0.2) is 12.4 Å². The van der Waals surface area contributed by atoms with Crippen LogP contribution in [-0.2, 0) is 11.3 Å². The molecule has 0 bridgehead atoms. The summed E-state index contributed by atoms with van der Waals surface area (Å²) in [6.45, 7) is 7.68. The summed E-state index contributed by atoms with van der Waals surface area (Å²) in [5, 5.41) is 14.5. The minimum atomic E-state index is -0.569. The summed E-state index contributed by atoms with van der Waals surface area (Å²) in [6.07, 6.45) is 5.88. The molecule has 0 fully saturated rings. The molecule has 0 saturated heterocycles. The first kappa shape index (κ1) is 14.2. The molecule has 17 heavy (non-hydrogen) atoms. The molecular weight excluding hydrogens is 216 g/mol. The monoisotopic (exact) mass is 240 g/mol. The molecule has 0 radical (unpaired) electrons. The van der Waals surface area contributed by atoms with E-state index in [0.717, 1.165) is 31.4 Å². The number of hydrogen-bond acceptors (Lipinski definition) is 3. The predicted octanol–water partition coefficient (Wildman–Crippen LogP) is 2.53. The zero-order valence-corrected chi connectivity index (χ0v) is 11.1. The van der Waals surface area contributed by atoms with Crippen LogP contribution in [0, 0.1) is 0 Å². The number of nitrogens with zero attached hydrogens (tertiary/aromatic N) is 2. The summed E-state index contributed by atoms with van der Waals surface area (Å²) in [7, 11) is 0.